The highest BCUT2D eigenvalue weighted by Crippen LogP contribution is 2.13. The Kier molecular flexibility index (Phi) is 3.03. The topological polar surface area (TPSA) is 49.3 Å². The van der Waals surface area contributed by atoms with Gasteiger partial charge in [-0.15, -0.1) is 0 Å². The van der Waals surface area contributed by atoms with Crippen LogP contribution in [-0.2, 0) is 4.79 Å². The van der Waals surface area contributed by atoms with E-state index >= 15 is 0 Å². The lowest BCUT2D eigenvalue weighted by atomic mass is 10.1. The molecule has 0 aliphatic carbocycles. The molecule has 0 bridgehead atoms. The monoisotopic (exact) mass is 179 g/mol. The molecule has 3 nitrogen and oxygen atoms in total. The van der Waals surface area contributed by atoms with E-state index in [0.717, 1.165) is 16.8 Å². The summed E-state index contributed by atoms with van der Waals surface area (Å²) in [6.45, 7) is 3.44. The highest BCUT2D eigenvalue weighted by Gasteiger charge is 2.00. The normalized spacial score (nSPS) is 9.77. The number of benzene rings is 1. The van der Waals surface area contributed by atoms with Gasteiger partial charge in [-0.1, -0.05) is 6.07 Å². The molecule has 0 aliphatic heterocycles. The Morgan fingerprint density at radius 3 is 2.31 bits per heavy atom. The lowest BCUT2D eigenvalue weighted by Crippen LogP contribution is -2.15. The van der Waals surface area contributed by atoms with Crippen molar-refractivity contribution >= 4 is 11.6 Å². The highest BCUT2D eigenvalue weighted by molar-refractivity contribution is 5.91. The van der Waals surface area contributed by atoms with Gasteiger partial charge in [0, 0.05) is 5.69 Å². The van der Waals surface area contributed by atoms with Gasteiger partial charge in [0.2, 0.25) is 5.91 Å². The van der Waals surface area contributed by atoms with Crippen LogP contribution in [0.5, 0.6) is 0 Å². The van der Waals surface area contributed by atoms with Crippen LogP contribution in [0.3, 0.4) is 0 Å². The van der Waals surface area contributed by atoms with E-state index in [1.54, 1.807) is 0 Å². The quantitative estimate of drug-likeness (QED) is 0.717. The van der Waals surface area contributed by atoms with Crippen LogP contribution < -0.4 is 5.32 Å². The van der Waals surface area contributed by atoms with Crippen molar-refractivity contribution in [3.63, 3.8) is 0 Å². The molecule has 0 saturated heterocycles. The van der Waals surface area contributed by atoms with Crippen molar-refractivity contribution in [2.75, 3.05) is 11.9 Å². The van der Waals surface area contributed by atoms with Crippen LogP contribution in [0, 0.1) is 13.8 Å². The average molecular weight is 179 g/mol. The predicted molar refractivity (Wildman–Crippen MR) is 51.6 cm³/mol. The van der Waals surface area contributed by atoms with Crippen LogP contribution in [0.25, 0.3) is 0 Å². The van der Waals surface area contributed by atoms with Crippen LogP contribution in [0.4, 0.5) is 5.69 Å². The van der Waals surface area contributed by atoms with E-state index < -0.39 is 6.61 Å². The van der Waals surface area contributed by atoms with Crippen LogP contribution >= 0.6 is 0 Å². The van der Waals surface area contributed by atoms with Gasteiger partial charge in [-0.2, -0.15) is 0 Å². The van der Waals surface area contributed by atoms with Crippen molar-refractivity contribution in [2.45, 2.75) is 13.8 Å². The number of hydrogen-bond donors (Lipinski definition) is 2. The Labute approximate surface area is 77.4 Å². The third kappa shape index (κ3) is 2.87. The maximum atomic E-state index is 10.8. The fourth-order valence-corrected chi connectivity index (χ4v) is 1.25. The molecule has 0 fully saturated rings. The fourth-order valence-electron chi connectivity index (χ4n) is 1.25. The molecule has 1 aromatic carbocycles. The minimum atomic E-state index is -0.479. The third-order valence-electron chi connectivity index (χ3n) is 1.65. The second kappa shape index (κ2) is 4.05. The number of hydrogen-bond acceptors (Lipinski definition) is 2. The lowest BCUT2D eigenvalue weighted by Gasteiger charge is -2.05. The average Bonchev–Trinajstić information content (AvgIpc) is 2.02. The van der Waals surface area contributed by atoms with Crippen molar-refractivity contribution < 1.29 is 9.90 Å². The number of aliphatic hydroxyl groups excluding tert-OH is 1. The second-order valence-corrected chi connectivity index (χ2v) is 3.08. The fraction of sp³-hybridized carbons (Fsp3) is 0.300. The van der Waals surface area contributed by atoms with E-state index in [4.69, 9.17) is 5.11 Å². The minimum absolute atomic E-state index is 0.384. The van der Waals surface area contributed by atoms with E-state index in [1.807, 2.05) is 32.0 Å². The van der Waals surface area contributed by atoms with Crippen molar-refractivity contribution in [1.29, 1.82) is 0 Å². The summed E-state index contributed by atoms with van der Waals surface area (Å²) in [6, 6.07) is 5.75. The summed E-state index contributed by atoms with van der Waals surface area (Å²) in [6.07, 6.45) is 0. The molecule has 0 spiro atoms. The maximum Gasteiger partial charge on any atom is 0.250 e. The van der Waals surface area contributed by atoms with E-state index in [2.05, 4.69) is 5.32 Å². The standard InChI is InChI=1S/C10H13NO2/c1-7-3-8(2)5-9(4-7)11-10(13)6-12/h3-5,12H,6H2,1-2H3,(H,11,13). The van der Waals surface area contributed by atoms with Gasteiger partial charge in [0.15, 0.2) is 0 Å². The highest BCUT2D eigenvalue weighted by atomic mass is 16.3. The molecule has 0 aromatic heterocycles. The van der Waals surface area contributed by atoms with Crippen molar-refractivity contribution in [3.05, 3.63) is 29.3 Å². The minimum Gasteiger partial charge on any atom is -0.387 e. The zero-order valence-corrected chi connectivity index (χ0v) is 7.79. The summed E-state index contributed by atoms with van der Waals surface area (Å²) in [4.78, 5) is 10.8. The number of anilines is 1. The number of carbonyl (C=O) groups is 1. The Hall–Kier alpha value is -1.35. The molecule has 2 N–H and O–H groups in total. The summed E-state index contributed by atoms with van der Waals surface area (Å²) in [7, 11) is 0. The van der Waals surface area contributed by atoms with Crippen molar-refractivity contribution in [2.24, 2.45) is 0 Å². The number of aryl methyl sites for hydroxylation is 2. The van der Waals surface area contributed by atoms with E-state index in [-0.39, 0.29) is 5.91 Å². The first-order chi connectivity index (χ1) is 6.11. The molecular weight excluding hydrogens is 166 g/mol. The van der Waals surface area contributed by atoms with Crippen LogP contribution in [0.1, 0.15) is 11.1 Å². The van der Waals surface area contributed by atoms with Gasteiger partial charge in [0.25, 0.3) is 0 Å². The largest absolute Gasteiger partial charge is 0.387 e. The molecule has 13 heavy (non-hydrogen) atoms. The zero-order valence-electron chi connectivity index (χ0n) is 7.79. The molecule has 1 amide bonds. The van der Waals surface area contributed by atoms with Gasteiger partial charge in [0.1, 0.15) is 6.61 Å². The molecule has 0 unspecified atom stereocenters. The molecule has 3 heteroatoms. The first-order valence-electron chi connectivity index (χ1n) is 4.11. The Morgan fingerprint density at radius 1 is 1.31 bits per heavy atom. The van der Waals surface area contributed by atoms with E-state index in [1.165, 1.54) is 0 Å². The summed E-state index contributed by atoms with van der Waals surface area (Å²) >= 11 is 0. The summed E-state index contributed by atoms with van der Waals surface area (Å²) in [5, 5.41) is 11.1. The van der Waals surface area contributed by atoms with Gasteiger partial charge in [-0.25, -0.2) is 0 Å². The van der Waals surface area contributed by atoms with E-state index in [0.29, 0.717) is 0 Å². The van der Waals surface area contributed by atoms with Gasteiger partial charge in [-0.3, -0.25) is 4.79 Å². The zero-order chi connectivity index (χ0) is 9.84. The van der Waals surface area contributed by atoms with Crippen LogP contribution in [0.2, 0.25) is 0 Å². The van der Waals surface area contributed by atoms with E-state index in [9.17, 15) is 4.79 Å². The molecule has 0 atom stereocenters. The van der Waals surface area contributed by atoms with Gasteiger partial charge < -0.3 is 10.4 Å². The number of carbonyl (C=O) groups excluding carboxylic acids is 1. The van der Waals surface area contributed by atoms with Crippen molar-refractivity contribution in [1.82, 2.24) is 0 Å². The lowest BCUT2D eigenvalue weighted by molar-refractivity contribution is -0.118. The Balaban J connectivity index is 2.83. The molecule has 70 valence electrons. The predicted octanol–water partition coefficient (Wildman–Crippen LogP) is 1.23. The van der Waals surface area contributed by atoms with Crippen LogP contribution in [-0.4, -0.2) is 17.6 Å². The number of nitrogens with one attached hydrogen (secondary N) is 1. The van der Waals surface area contributed by atoms with Gasteiger partial charge >= 0.3 is 0 Å². The Bertz CT molecular complexity index is 300. The molecule has 0 heterocycles. The maximum absolute atomic E-state index is 10.8. The number of aliphatic hydroxyl groups is 1. The third-order valence-corrected chi connectivity index (χ3v) is 1.65. The van der Waals surface area contributed by atoms with Crippen molar-refractivity contribution in [3.8, 4) is 0 Å². The van der Waals surface area contributed by atoms with Gasteiger partial charge in [0.05, 0.1) is 0 Å². The molecule has 0 aliphatic rings. The first-order valence-corrected chi connectivity index (χ1v) is 4.11. The summed E-state index contributed by atoms with van der Waals surface area (Å²) < 4.78 is 0. The smallest absolute Gasteiger partial charge is 0.250 e. The molecule has 0 radical (unpaired) electrons. The molecule has 0 saturated carbocycles. The molecule has 1 aromatic rings. The SMILES string of the molecule is Cc1cc(C)cc(NC(=O)CO)c1. The van der Waals surface area contributed by atoms with Crippen LogP contribution in [0.15, 0.2) is 18.2 Å². The summed E-state index contributed by atoms with van der Waals surface area (Å²) in [5.41, 5.74) is 2.91. The molecule has 1 rings (SSSR count). The second-order valence-electron chi connectivity index (χ2n) is 3.08. The Morgan fingerprint density at radius 2 is 1.85 bits per heavy atom. The number of amides is 1. The molecular formula is C10H13NO2. The summed E-state index contributed by atoms with van der Waals surface area (Å²) in [5.74, 6) is -0.384. The van der Waals surface area contributed by atoms with Gasteiger partial charge in [-0.05, 0) is 37.1 Å². The first kappa shape index (κ1) is 9.74. The number of rotatable bonds is 2.